The van der Waals surface area contributed by atoms with Crippen molar-refractivity contribution in [3.8, 4) is 6.07 Å². The molecule has 0 spiro atoms. The van der Waals surface area contributed by atoms with Crippen LogP contribution in [0.2, 0.25) is 0 Å². The number of nitriles is 1. The van der Waals surface area contributed by atoms with Gasteiger partial charge in [-0.3, -0.25) is 4.79 Å². The number of halogens is 1. The highest BCUT2D eigenvalue weighted by atomic mass is 35.5. The van der Waals surface area contributed by atoms with Crippen molar-refractivity contribution < 1.29 is 4.79 Å². The lowest BCUT2D eigenvalue weighted by atomic mass is 10.2. The zero-order valence-electron chi connectivity index (χ0n) is 7.62. The van der Waals surface area contributed by atoms with Crippen molar-refractivity contribution in [2.24, 2.45) is 0 Å². The van der Waals surface area contributed by atoms with Crippen LogP contribution in [-0.4, -0.2) is 11.3 Å². The van der Waals surface area contributed by atoms with Crippen LogP contribution in [0.3, 0.4) is 0 Å². The zero-order chi connectivity index (χ0) is 10.6. The van der Waals surface area contributed by atoms with Crippen LogP contribution in [0.1, 0.15) is 12.5 Å². The predicted molar refractivity (Wildman–Crippen MR) is 55.1 cm³/mol. The third kappa shape index (κ3) is 2.75. The summed E-state index contributed by atoms with van der Waals surface area (Å²) in [7, 11) is 0. The van der Waals surface area contributed by atoms with E-state index in [1.165, 1.54) is 0 Å². The van der Waals surface area contributed by atoms with Gasteiger partial charge in [0.15, 0.2) is 0 Å². The fourth-order valence-corrected chi connectivity index (χ4v) is 0.924. The Morgan fingerprint density at radius 2 is 2.07 bits per heavy atom. The van der Waals surface area contributed by atoms with Crippen molar-refractivity contribution in [3.05, 3.63) is 29.8 Å². The number of benzene rings is 1. The summed E-state index contributed by atoms with van der Waals surface area (Å²) >= 11 is 5.57. The fraction of sp³-hybridized carbons (Fsp3) is 0.200. The van der Waals surface area contributed by atoms with Crippen molar-refractivity contribution >= 4 is 23.2 Å². The summed E-state index contributed by atoms with van der Waals surface area (Å²) in [6.07, 6.45) is 0. The minimum Gasteiger partial charge on any atom is -0.325 e. The molecule has 14 heavy (non-hydrogen) atoms. The van der Waals surface area contributed by atoms with Crippen molar-refractivity contribution in [1.82, 2.24) is 0 Å². The topological polar surface area (TPSA) is 52.9 Å². The zero-order valence-corrected chi connectivity index (χ0v) is 8.38. The second kappa shape index (κ2) is 4.64. The molecule has 0 aromatic heterocycles. The van der Waals surface area contributed by atoms with Crippen LogP contribution < -0.4 is 5.32 Å². The third-order valence-corrected chi connectivity index (χ3v) is 1.84. The quantitative estimate of drug-likeness (QED) is 0.757. The summed E-state index contributed by atoms with van der Waals surface area (Å²) in [6, 6.07) is 8.58. The SMILES string of the molecule is C[C@@H](Cl)C(=O)Nc1ccc(C#N)cc1. The van der Waals surface area contributed by atoms with Crippen LogP contribution in [0, 0.1) is 11.3 Å². The maximum atomic E-state index is 11.2. The van der Waals surface area contributed by atoms with Gasteiger partial charge in [-0.25, -0.2) is 0 Å². The summed E-state index contributed by atoms with van der Waals surface area (Å²) in [4.78, 5) is 11.2. The molecule has 0 aliphatic rings. The van der Waals surface area contributed by atoms with Gasteiger partial charge < -0.3 is 5.32 Å². The van der Waals surface area contributed by atoms with E-state index in [0.29, 0.717) is 11.3 Å². The first-order chi connectivity index (χ1) is 6.63. The lowest BCUT2D eigenvalue weighted by Gasteiger charge is -2.05. The Kier molecular flexibility index (Phi) is 3.49. The second-order valence-electron chi connectivity index (χ2n) is 2.79. The number of anilines is 1. The van der Waals surface area contributed by atoms with E-state index in [1.807, 2.05) is 6.07 Å². The lowest BCUT2D eigenvalue weighted by Crippen LogP contribution is -2.20. The number of hydrogen-bond donors (Lipinski definition) is 1. The van der Waals surface area contributed by atoms with Crippen LogP contribution in [0.5, 0.6) is 0 Å². The molecule has 72 valence electrons. The number of amides is 1. The van der Waals surface area contributed by atoms with E-state index in [0.717, 1.165) is 0 Å². The highest BCUT2D eigenvalue weighted by Gasteiger charge is 2.08. The normalized spacial score (nSPS) is 11.5. The van der Waals surface area contributed by atoms with Gasteiger partial charge in [-0.15, -0.1) is 11.6 Å². The Bertz CT molecular complexity index is 365. The van der Waals surface area contributed by atoms with Crippen LogP contribution in [0.15, 0.2) is 24.3 Å². The van der Waals surface area contributed by atoms with Gasteiger partial charge in [0.05, 0.1) is 11.6 Å². The van der Waals surface area contributed by atoms with Crippen LogP contribution in [0.25, 0.3) is 0 Å². The van der Waals surface area contributed by atoms with E-state index in [9.17, 15) is 4.79 Å². The summed E-state index contributed by atoms with van der Waals surface area (Å²) in [5.41, 5.74) is 1.20. The first-order valence-electron chi connectivity index (χ1n) is 4.08. The summed E-state index contributed by atoms with van der Waals surface area (Å²) in [5, 5.41) is 10.6. The van der Waals surface area contributed by atoms with Crippen molar-refractivity contribution in [2.75, 3.05) is 5.32 Å². The van der Waals surface area contributed by atoms with E-state index in [4.69, 9.17) is 16.9 Å². The molecule has 0 saturated heterocycles. The van der Waals surface area contributed by atoms with Gasteiger partial charge in [-0.05, 0) is 31.2 Å². The minimum atomic E-state index is -0.564. The molecule has 0 unspecified atom stereocenters. The first-order valence-corrected chi connectivity index (χ1v) is 4.52. The predicted octanol–water partition coefficient (Wildman–Crippen LogP) is 2.12. The highest BCUT2D eigenvalue weighted by Crippen LogP contribution is 2.09. The summed E-state index contributed by atoms with van der Waals surface area (Å²) in [5.74, 6) is -0.253. The van der Waals surface area contributed by atoms with Crippen LogP contribution in [-0.2, 0) is 4.79 Å². The standard InChI is InChI=1S/C10H9ClN2O/c1-7(11)10(14)13-9-4-2-8(6-12)3-5-9/h2-5,7H,1H3,(H,13,14)/t7-/m1/s1. The van der Waals surface area contributed by atoms with E-state index < -0.39 is 5.38 Å². The highest BCUT2D eigenvalue weighted by molar-refractivity contribution is 6.32. The number of rotatable bonds is 2. The van der Waals surface area contributed by atoms with Gasteiger partial charge in [0.2, 0.25) is 5.91 Å². The van der Waals surface area contributed by atoms with Crippen molar-refractivity contribution in [3.63, 3.8) is 0 Å². The molecule has 0 fully saturated rings. The fourth-order valence-electron chi connectivity index (χ4n) is 0.870. The molecule has 0 radical (unpaired) electrons. The molecular formula is C10H9ClN2O. The smallest absolute Gasteiger partial charge is 0.242 e. The average molecular weight is 209 g/mol. The molecule has 1 amide bonds. The Balaban J connectivity index is 2.70. The summed E-state index contributed by atoms with van der Waals surface area (Å²) < 4.78 is 0. The Morgan fingerprint density at radius 3 is 2.50 bits per heavy atom. The molecule has 0 heterocycles. The number of carbonyl (C=O) groups is 1. The van der Waals surface area contributed by atoms with Gasteiger partial charge in [0, 0.05) is 5.69 Å². The Morgan fingerprint density at radius 1 is 1.50 bits per heavy atom. The number of hydrogen-bond acceptors (Lipinski definition) is 2. The van der Waals surface area contributed by atoms with E-state index in [2.05, 4.69) is 5.32 Å². The molecular weight excluding hydrogens is 200 g/mol. The number of nitrogens with zero attached hydrogens (tertiary/aromatic N) is 1. The molecule has 1 rings (SSSR count). The second-order valence-corrected chi connectivity index (χ2v) is 3.45. The molecule has 3 nitrogen and oxygen atoms in total. The third-order valence-electron chi connectivity index (χ3n) is 1.64. The molecule has 0 aliphatic heterocycles. The monoisotopic (exact) mass is 208 g/mol. The Labute approximate surface area is 87.3 Å². The first kappa shape index (κ1) is 10.6. The number of carbonyl (C=O) groups excluding carboxylic acids is 1. The van der Waals surface area contributed by atoms with E-state index >= 15 is 0 Å². The number of alkyl halides is 1. The Hall–Kier alpha value is -1.53. The molecule has 1 N–H and O–H groups in total. The van der Waals surface area contributed by atoms with E-state index in [1.54, 1.807) is 31.2 Å². The molecule has 1 aromatic rings. The molecule has 4 heteroatoms. The van der Waals surface area contributed by atoms with Gasteiger partial charge in [-0.2, -0.15) is 5.26 Å². The van der Waals surface area contributed by atoms with Crippen molar-refractivity contribution in [1.29, 1.82) is 5.26 Å². The minimum absolute atomic E-state index is 0.253. The van der Waals surface area contributed by atoms with Gasteiger partial charge in [-0.1, -0.05) is 0 Å². The molecule has 1 atom stereocenters. The molecule has 0 saturated carbocycles. The maximum absolute atomic E-state index is 11.2. The average Bonchev–Trinajstić information content (AvgIpc) is 2.19. The lowest BCUT2D eigenvalue weighted by molar-refractivity contribution is -0.115. The van der Waals surface area contributed by atoms with Crippen molar-refractivity contribution in [2.45, 2.75) is 12.3 Å². The van der Waals surface area contributed by atoms with Gasteiger partial charge >= 0.3 is 0 Å². The van der Waals surface area contributed by atoms with Crippen LogP contribution >= 0.6 is 11.6 Å². The van der Waals surface area contributed by atoms with E-state index in [-0.39, 0.29) is 5.91 Å². The maximum Gasteiger partial charge on any atom is 0.242 e. The summed E-state index contributed by atoms with van der Waals surface area (Å²) in [6.45, 7) is 1.60. The molecule has 0 aliphatic carbocycles. The largest absolute Gasteiger partial charge is 0.325 e. The van der Waals surface area contributed by atoms with Crippen LogP contribution in [0.4, 0.5) is 5.69 Å². The molecule has 1 aromatic carbocycles. The van der Waals surface area contributed by atoms with Gasteiger partial charge in [0.25, 0.3) is 0 Å². The number of nitrogens with one attached hydrogen (secondary N) is 1. The van der Waals surface area contributed by atoms with Gasteiger partial charge in [0.1, 0.15) is 5.38 Å². The molecule has 0 bridgehead atoms.